The zero-order valence-corrected chi connectivity index (χ0v) is 26.2. The molecule has 0 aromatic heterocycles. The van der Waals surface area contributed by atoms with Gasteiger partial charge < -0.3 is 15.0 Å². The Bertz CT molecular complexity index is 1640. The van der Waals surface area contributed by atoms with Gasteiger partial charge in [-0.1, -0.05) is 79.6 Å². The summed E-state index contributed by atoms with van der Waals surface area (Å²) in [6.07, 6.45) is 4.49. The molecule has 2 amide bonds. The lowest BCUT2D eigenvalue weighted by molar-refractivity contribution is -0.139. The zero-order valence-electron chi connectivity index (χ0n) is 25.4. The molecule has 1 unspecified atom stereocenters. The van der Waals surface area contributed by atoms with E-state index in [0.717, 1.165) is 35.6 Å². The van der Waals surface area contributed by atoms with Gasteiger partial charge in [-0.05, 0) is 80.3 Å². The second-order valence-corrected chi connectivity index (χ2v) is 13.1. The highest BCUT2D eigenvalue weighted by Gasteiger charge is 2.33. The minimum absolute atomic E-state index is 0.0604. The van der Waals surface area contributed by atoms with Crippen molar-refractivity contribution in [3.05, 3.63) is 121 Å². The quantitative estimate of drug-likeness (QED) is 0.191. The number of benzene rings is 4. The Hall–Kier alpha value is -4.63. The van der Waals surface area contributed by atoms with E-state index in [1.165, 1.54) is 17.0 Å². The van der Waals surface area contributed by atoms with Crippen molar-refractivity contribution in [2.24, 2.45) is 0 Å². The van der Waals surface area contributed by atoms with Gasteiger partial charge in [0.15, 0.2) is 0 Å². The summed E-state index contributed by atoms with van der Waals surface area (Å²) in [7, 11) is -4.14. The van der Waals surface area contributed by atoms with E-state index in [-0.39, 0.29) is 23.4 Å². The largest absolute Gasteiger partial charge is 0.457 e. The molecule has 9 heteroatoms. The maximum atomic E-state index is 14.1. The third-order valence-corrected chi connectivity index (χ3v) is 9.85. The number of nitrogens with one attached hydrogen (secondary N) is 1. The molecule has 0 heterocycles. The average Bonchev–Trinajstić information content (AvgIpc) is 3.58. The van der Waals surface area contributed by atoms with E-state index in [9.17, 15) is 18.0 Å². The van der Waals surface area contributed by atoms with Crippen molar-refractivity contribution in [1.82, 2.24) is 10.2 Å². The Morgan fingerprint density at radius 3 is 1.98 bits per heavy atom. The molecule has 0 saturated heterocycles. The number of hydrogen-bond acceptors (Lipinski definition) is 5. The van der Waals surface area contributed by atoms with Crippen LogP contribution in [0.2, 0.25) is 0 Å². The van der Waals surface area contributed by atoms with Crippen LogP contribution in [0, 0.1) is 0 Å². The monoisotopic (exact) mass is 625 g/mol. The predicted octanol–water partition coefficient (Wildman–Crippen LogP) is 6.19. The fraction of sp³-hybridized carbons (Fsp3) is 0.278. The van der Waals surface area contributed by atoms with Crippen LogP contribution < -0.4 is 14.4 Å². The molecule has 8 nitrogen and oxygen atoms in total. The summed E-state index contributed by atoms with van der Waals surface area (Å²) in [5, 5.41) is 3.10. The van der Waals surface area contributed by atoms with E-state index < -0.39 is 28.5 Å². The van der Waals surface area contributed by atoms with E-state index in [0.29, 0.717) is 23.6 Å². The van der Waals surface area contributed by atoms with Crippen LogP contribution in [0.1, 0.15) is 38.2 Å². The fourth-order valence-corrected chi connectivity index (χ4v) is 6.95. The summed E-state index contributed by atoms with van der Waals surface area (Å²) in [4.78, 5) is 29.1. The van der Waals surface area contributed by atoms with Gasteiger partial charge >= 0.3 is 0 Å². The van der Waals surface area contributed by atoms with Crippen LogP contribution in [-0.4, -0.2) is 50.3 Å². The average molecular weight is 626 g/mol. The molecule has 0 spiro atoms. The Labute approximate surface area is 265 Å². The van der Waals surface area contributed by atoms with Gasteiger partial charge in [-0.25, -0.2) is 8.42 Å². The molecule has 1 atom stereocenters. The first-order valence-electron chi connectivity index (χ1n) is 15.4. The van der Waals surface area contributed by atoms with Crippen LogP contribution in [0.5, 0.6) is 11.5 Å². The normalized spacial score (nSPS) is 14.0. The van der Waals surface area contributed by atoms with Gasteiger partial charge in [-0.15, -0.1) is 0 Å². The number of sulfonamides is 1. The number of carbonyl (C=O) groups excluding carboxylic acids is 2. The minimum atomic E-state index is -4.14. The lowest BCUT2D eigenvalue weighted by Crippen LogP contribution is -2.53. The maximum absolute atomic E-state index is 14.1. The number of nitrogens with zero attached hydrogens (tertiary/aromatic N) is 2. The second kappa shape index (κ2) is 14.9. The van der Waals surface area contributed by atoms with E-state index in [1.54, 1.807) is 49.4 Å². The Balaban J connectivity index is 1.43. The molecule has 4 aromatic carbocycles. The third-order valence-electron chi connectivity index (χ3n) is 8.07. The number of ether oxygens (including phenoxy) is 1. The SMILES string of the molecule is CC(C(=O)NC1CCCC1)N(CCc1ccccc1)C(=O)CN(c1ccc(Oc2ccccc2)cc1)S(=O)(=O)c1ccccc1. The smallest absolute Gasteiger partial charge is 0.264 e. The van der Waals surface area contributed by atoms with Gasteiger partial charge in [-0.3, -0.25) is 13.9 Å². The number of rotatable bonds is 13. The van der Waals surface area contributed by atoms with Gasteiger partial charge in [0.25, 0.3) is 10.0 Å². The van der Waals surface area contributed by atoms with Gasteiger partial charge in [0.1, 0.15) is 24.1 Å². The van der Waals surface area contributed by atoms with Crippen molar-refractivity contribution in [2.45, 2.75) is 56.0 Å². The molecule has 0 radical (unpaired) electrons. The minimum Gasteiger partial charge on any atom is -0.457 e. The van der Waals surface area contributed by atoms with Crippen LogP contribution in [0.3, 0.4) is 0 Å². The Morgan fingerprint density at radius 2 is 1.36 bits per heavy atom. The standard InChI is InChI=1S/C36H39N3O5S/c1-28(36(41)37-30-15-11-12-16-30)38(26-25-29-13-5-2-6-14-29)35(40)27-39(45(42,43)34-19-9-4-10-20-34)31-21-23-33(24-22-31)44-32-17-7-3-8-18-32/h2-10,13-14,17-24,28,30H,11-12,15-16,25-27H2,1H3,(H,37,41). The molecule has 5 rings (SSSR count). The van der Waals surface area contributed by atoms with E-state index in [4.69, 9.17) is 4.74 Å². The maximum Gasteiger partial charge on any atom is 0.264 e. The van der Waals surface area contributed by atoms with Crippen LogP contribution in [0.15, 0.2) is 120 Å². The summed E-state index contributed by atoms with van der Waals surface area (Å²) in [5.74, 6) is 0.468. The van der Waals surface area contributed by atoms with Crippen molar-refractivity contribution < 1.29 is 22.7 Å². The fourth-order valence-electron chi connectivity index (χ4n) is 5.52. The van der Waals surface area contributed by atoms with Crippen molar-refractivity contribution in [2.75, 3.05) is 17.4 Å². The molecule has 1 aliphatic carbocycles. The first-order valence-corrected chi connectivity index (χ1v) is 16.8. The molecular formula is C36H39N3O5S. The van der Waals surface area contributed by atoms with Gasteiger partial charge in [0, 0.05) is 12.6 Å². The number of carbonyl (C=O) groups is 2. The van der Waals surface area contributed by atoms with Crippen molar-refractivity contribution in [3.8, 4) is 11.5 Å². The highest BCUT2D eigenvalue weighted by atomic mass is 32.2. The van der Waals surface area contributed by atoms with Crippen LogP contribution >= 0.6 is 0 Å². The van der Waals surface area contributed by atoms with E-state index in [1.807, 2.05) is 60.7 Å². The van der Waals surface area contributed by atoms with Crippen LogP contribution in [0.4, 0.5) is 5.69 Å². The summed E-state index contributed by atoms with van der Waals surface area (Å²) >= 11 is 0. The molecule has 0 aliphatic heterocycles. The molecule has 4 aromatic rings. The highest BCUT2D eigenvalue weighted by molar-refractivity contribution is 7.92. The highest BCUT2D eigenvalue weighted by Crippen LogP contribution is 2.28. The predicted molar refractivity (Wildman–Crippen MR) is 176 cm³/mol. The molecule has 1 aliphatic rings. The molecule has 45 heavy (non-hydrogen) atoms. The van der Waals surface area contributed by atoms with E-state index in [2.05, 4.69) is 5.32 Å². The van der Waals surface area contributed by atoms with Gasteiger partial charge in [0.2, 0.25) is 11.8 Å². The molecular weight excluding hydrogens is 586 g/mol. The van der Waals surface area contributed by atoms with E-state index >= 15 is 0 Å². The Morgan fingerprint density at radius 1 is 0.800 bits per heavy atom. The van der Waals surface area contributed by atoms with Gasteiger partial charge in [-0.2, -0.15) is 0 Å². The summed E-state index contributed by atoms with van der Waals surface area (Å²) in [6.45, 7) is 1.48. The van der Waals surface area contributed by atoms with Crippen LogP contribution in [-0.2, 0) is 26.0 Å². The van der Waals surface area contributed by atoms with Crippen molar-refractivity contribution >= 4 is 27.5 Å². The van der Waals surface area contributed by atoms with Crippen LogP contribution in [0.25, 0.3) is 0 Å². The second-order valence-electron chi connectivity index (χ2n) is 11.2. The zero-order chi connectivity index (χ0) is 31.6. The molecule has 1 saturated carbocycles. The number of para-hydroxylation sites is 1. The molecule has 0 bridgehead atoms. The third kappa shape index (κ3) is 8.30. The first-order chi connectivity index (χ1) is 21.8. The lowest BCUT2D eigenvalue weighted by Gasteiger charge is -2.32. The summed E-state index contributed by atoms with van der Waals surface area (Å²) in [6, 6.07) is 32.9. The number of amides is 2. The van der Waals surface area contributed by atoms with Crippen molar-refractivity contribution in [3.63, 3.8) is 0 Å². The van der Waals surface area contributed by atoms with Crippen molar-refractivity contribution in [1.29, 1.82) is 0 Å². The molecule has 1 fully saturated rings. The lowest BCUT2D eigenvalue weighted by atomic mass is 10.1. The summed E-state index contributed by atoms with van der Waals surface area (Å²) < 4.78 is 35.1. The van der Waals surface area contributed by atoms with Gasteiger partial charge in [0.05, 0.1) is 10.6 Å². The molecule has 234 valence electrons. The number of anilines is 1. The number of hydrogen-bond donors (Lipinski definition) is 1. The topological polar surface area (TPSA) is 96.0 Å². The summed E-state index contributed by atoms with van der Waals surface area (Å²) in [5.41, 5.74) is 1.32. The molecule has 1 N–H and O–H groups in total. The first kappa shape index (κ1) is 31.8. The Kier molecular flexibility index (Phi) is 10.5.